The molecule has 0 bridgehead atoms. The first-order valence-corrected chi connectivity index (χ1v) is 7.82. The van der Waals surface area contributed by atoms with E-state index in [-0.39, 0.29) is 5.41 Å². The fourth-order valence-electron chi connectivity index (χ4n) is 3.21. The van der Waals surface area contributed by atoms with E-state index in [1.54, 1.807) is 6.20 Å². The number of pyridine rings is 1. The van der Waals surface area contributed by atoms with Crippen molar-refractivity contribution in [1.29, 1.82) is 0 Å². The van der Waals surface area contributed by atoms with Crippen LogP contribution in [0.5, 0.6) is 0 Å². The molecule has 2 aromatic heterocycles. The maximum Gasteiger partial charge on any atom is 0.232 e. The molecule has 23 heavy (non-hydrogen) atoms. The van der Waals surface area contributed by atoms with Crippen LogP contribution in [0.25, 0.3) is 0 Å². The molecule has 4 rings (SSSR count). The molecule has 0 radical (unpaired) electrons. The van der Waals surface area contributed by atoms with E-state index in [0.29, 0.717) is 0 Å². The summed E-state index contributed by atoms with van der Waals surface area (Å²) in [5, 5.41) is 8.94. The minimum absolute atomic E-state index is 0.0201. The summed E-state index contributed by atoms with van der Waals surface area (Å²) in [7, 11) is 4.01. The molecular formula is C18H19N5. The van der Waals surface area contributed by atoms with Crippen molar-refractivity contribution in [1.82, 2.24) is 19.7 Å². The number of rotatable bonds is 4. The molecule has 3 aromatic rings. The molecule has 0 amide bonds. The van der Waals surface area contributed by atoms with Gasteiger partial charge in [-0.3, -0.25) is 9.47 Å². The van der Waals surface area contributed by atoms with Gasteiger partial charge in [-0.15, -0.1) is 10.2 Å². The molecule has 1 aliphatic rings. The molecular weight excluding hydrogens is 286 g/mol. The fraction of sp³-hybridized carbons (Fsp3) is 0.278. The summed E-state index contributed by atoms with van der Waals surface area (Å²) < 4.78 is 2.09. The average Bonchev–Trinajstić information content (AvgIpc) is 3.33. The molecule has 1 saturated carbocycles. The van der Waals surface area contributed by atoms with Crippen LogP contribution < -0.4 is 4.90 Å². The molecule has 1 aliphatic carbocycles. The second-order valence-corrected chi connectivity index (χ2v) is 6.08. The zero-order valence-corrected chi connectivity index (χ0v) is 13.3. The Bertz CT molecular complexity index is 806. The summed E-state index contributed by atoms with van der Waals surface area (Å²) in [5.41, 5.74) is 1.34. The van der Waals surface area contributed by atoms with E-state index in [1.165, 1.54) is 5.56 Å². The molecule has 116 valence electrons. The third-order valence-electron chi connectivity index (χ3n) is 4.65. The van der Waals surface area contributed by atoms with E-state index in [9.17, 15) is 0 Å². The summed E-state index contributed by atoms with van der Waals surface area (Å²) in [6, 6.07) is 16.5. The monoisotopic (exact) mass is 305 g/mol. The summed E-state index contributed by atoms with van der Waals surface area (Å²) in [4.78, 5) is 6.36. The number of benzene rings is 1. The Balaban J connectivity index is 1.72. The van der Waals surface area contributed by atoms with E-state index < -0.39 is 0 Å². The minimum Gasteiger partial charge on any atom is -0.299 e. The van der Waals surface area contributed by atoms with Crippen molar-refractivity contribution in [3.63, 3.8) is 0 Å². The lowest BCUT2D eigenvalue weighted by atomic mass is 9.95. The average molecular weight is 305 g/mol. The van der Waals surface area contributed by atoms with Crippen LogP contribution in [0.15, 0.2) is 54.7 Å². The maximum absolute atomic E-state index is 4.52. The number of anilines is 2. The topological polar surface area (TPSA) is 46.8 Å². The van der Waals surface area contributed by atoms with E-state index in [0.717, 1.165) is 30.4 Å². The first kappa shape index (κ1) is 13.9. The van der Waals surface area contributed by atoms with Gasteiger partial charge in [0.2, 0.25) is 5.95 Å². The lowest BCUT2D eigenvalue weighted by molar-refractivity contribution is 0.691. The molecule has 2 heterocycles. The molecule has 0 unspecified atom stereocenters. The van der Waals surface area contributed by atoms with Gasteiger partial charge in [-0.05, 0) is 30.5 Å². The van der Waals surface area contributed by atoms with Crippen LogP contribution >= 0.6 is 0 Å². The van der Waals surface area contributed by atoms with Crippen molar-refractivity contribution in [2.75, 3.05) is 11.9 Å². The normalized spacial score (nSPS) is 15.4. The molecule has 0 saturated heterocycles. The van der Waals surface area contributed by atoms with Gasteiger partial charge in [-0.25, -0.2) is 4.98 Å². The van der Waals surface area contributed by atoms with E-state index >= 15 is 0 Å². The van der Waals surface area contributed by atoms with Crippen molar-refractivity contribution in [3.8, 4) is 0 Å². The van der Waals surface area contributed by atoms with Crippen LogP contribution in [0.1, 0.15) is 24.2 Å². The van der Waals surface area contributed by atoms with Crippen LogP contribution in [0.4, 0.5) is 11.8 Å². The van der Waals surface area contributed by atoms with Gasteiger partial charge in [0.25, 0.3) is 0 Å². The van der Waals surface area contributed by atoms with E-state index in [1.807, 2.05) is 37.2 Å². The SMILES string of the molecule is CN(c1ccccn1)c1nnc(C2(c3ccccc3)CC2)n1C. The molecule has 0 atom stereocenters. The Kier molecular flexibility index (Phi) is 3.15. The summed E-state index contributed by atoms with van der Waals surface area (Å²) in [6.07, 6.45) is 4.03. The number of hydrogen-bond donors (Lipinski definition) is 0. The standard InChI is InChI=1S/C18H19N5/c1-22(15-10-6-7-13-19-15)17-21-20-16(23(17)2)18(11-12-18)14-8-4-3-5-9-14/h3-10,13H,11-12H2,1-2H3. The minimum atomic E-state index is 0.0201. The van der Waals surface area contributed by atoms with Crippen molar-refractivity contribution < 1.29 is 0 Å². The van der Waals surface area contributed by atoms with Gasteiger partial charge in [0.1, 0.15) is 11.6 Å². The second kappa shape index (κ2) is 5.19. The van der Waals surface area contributed by atoms with Crippen LogP contribution in [0, 0.1) is 0 Å². The molecule has 5 heteroatoms. The van der Waals surface area contributed by atoms with Crippen molar-refractivity contribution in [3.05, 3.63) is 66.1 Å². The predicted molar refractivity (Wildman–Crippen MR) is 89.8 cm³/mol. The Morgan fingerprint density at radius 3 is 2.39 bits per heavy atom. The zero-order valence-electron chi connectivity index (χ0n) is 13.3. The molecule has 1 fully saturated rings. The Morgan fingerprint density at radius 2 is 1.74 bits per heavy atom. The van der Waals surface area contributed by atoms with Crippen LogP contribution in [-0.2, 0) is 12.5 Å². The zero-order chi connectivity index (χ0) is 15.9. The van der Waals surface area contributed by atoms with Gasteiger partial charge in [0, 0.05) is 20.3 Å². The quantitative estimate of drug-likeness (QED) is 0.743. The highest BCUT2D eigenvalue weighted by atomic mass is 15.4. The van der Waals surface area contributed by atoms with E-state index in [4.69, 9.17) is 0 Å². The lowest BCUT2D eigenvalue weighted by Gasteiger charge is -2.19. The molecule has 0 N–H and O–H groups in total. The van der Waals surface area contributed by atoms with E-state index in [2.05, 4.69) is 50.1 Å². The molecule has 0 spiro atoms. The Morgan fingerprint density at radius 1 is 1.00 bits per heavy atom. The van der Waals surface area contributed by atoms with Crippen LogP contribution in [0.3, 0.4) is 0 Å². The smallest absolute Gasteiger partial charge is 0.232 e. The summed E-state index contributed by atoms with van der Waals surface area (Å²) in [5.74, 6) is 2.70. The lowest BCUT2D eigenvalue weighted by Crippen LogP contribution is -2.19. The predicted octanol–water partition coefficient (Wildman–Crippen LogP) is 3.06. The summed E-state index contributed by atoms with van der Waals surface area (Å²) >= 11 is 0. The van der Waals surface area contributed by atoms with Crippen LogP contribution in [0.2, 0.25) is 0 Å². The molecule has 0 aliphatic heterocycles. The first-order valence-electron chi connectivity index (χ1n) is 7.82. The van der Waals surface area contributed by atoms with Gasteiger partial charge in [0.15, 0.2) is 0 Å². The van der Waals surface area contributed by atoms with Gasteiger partial charge < -0.3 is 0 Å². The van der Waals surface area contributed by atoms with Crippen molar-refractivity contribution >= 4 is 11.8 Å². The van der Waals surface area contributed by atoms with Crippen molar-refractivity contribution in [2.45, 2.75) is 18.3 Å². The third-order valence-corrected chi connectivity index (χ3v) is 4.65. The number of hydrogen-bond acceptors (Lipinski definition) is 4. The molecule has 5 nitrogen and oxygen atoms in total. The number of aromatic nitrogens is 4. The largest absolute Gasteiger partial charge is 0.299 e. The highest BCUT2D eigenvalue weighted by Gasteiger charge is 2.50. The highest BCUT2D eigenvalue weighted by molar-refractivity contribution is 5.52. The number of nitrogens with zero attached hydrogens (tertiary/aromatic N) is 5. The first-order chi connectivity index (χ1) is 11.2. The highest BCUT2D eigenvalue weighted by Crippen LogP contribution is 2.52. The van der Waals surface area contributed by atoms with Gasteiger partial charge in [0.05, 0.1) is 5.41 Å². The third kappa shape index (κ3) is 2.20. The Labute approximate surface area is 135 Å². The van der Waals surface area contributed by atoms with Gasteiger partial charge in [-0.1, -0.05) is 36.4 Å². The van der Waals surface area contributed by atoms with Crippen molar-refractivity contribution in [2.24, 2.45) is 7.05 Å². The van der Waals surface area contributed by atoms with Gasteiger partial charge in [-0.2, -0.15) is 0 Å². The Hall–Kier alpha value is -2.69. The summed E-state index contributed by atoms with van der Waals surface area (Å²) in [6.45, 7) is 0. The van der Waals surface area contributed by atoms with Gasteiger partial charge >= 0.3 is 0 Å². The van der Waals surface area contributed by atoms with Crippen LogP contribution in [-0.4, -0.2) is 26.8 Å². The maximum atomic E-state index is 4.52. The second-order valence-electron chi connectivity index (χ2n) is 6.08. The fourth-order valence-corrected chi connectivity index (χ4v) is 3.21. The molecule has 1 aromatic carbocycles.